The molecule has 5 nitrogen and oxygen atoms in total. The van der Waals surface area contributed by atoms with Crippen molar-refractivity contribution < 1.29 is 22.8 Å². The van der Waals surface area contributed by atoms with E-state index in [0.29, 0.717) is 24.6 Å². The molecule has 0 heterocycles. The molecule has 0 N–H and O–H groups in total. The fourth-order valence-electron chi connectivity index (χ4n) is 1.13. The topological polar surface area (TPSA) is 54.0 Å². The van der Waals surface area contributed by atoms with Crippen molar-refractivity contribution in [1.82, 2.24) is 0 Å². The van der Waals surface area contributed by atoms with E-state index in [1.807, 2.05) is 0 Å². The van der Waals surface area contributed by atoms with Gasteiger partial charge >= 0.3 is 14.8 Å². The minimum atomic E-state index is -2.53. The van der Waals surface area contributed by atoms with E-state index in [1.54, 1.807) is 28.3 Å². The Morgan fingerprint density at radius 1 is 1.18 bits per heavy atom. The lowest BCUT2D eigenvalue weighted by Crippen LogP contribution is -2.42. The van der Waals surface area contributed by atoms with Crippen LogP contribution >= 0.6 is 0 Å². The van der Waals surface area contributed by atoms with E-state index in [1.165, 1.54) is 0 Å². The molecule has 0 aliphatic carbocycles. The van der Waals surface area contributed by atoms with Crippen molar-refractivity contribution in [2.75, 3.05) is 27.9 Å². The van der Waals surface area contributed by atoms with Gasteiger partial charge in [0, 0.05) is 43.9 Å². The van der Waals surface area contributed by atoms with Gasteiger partial charge in [0.2, 0.25) is 0 Å². The minimum Gasteiger partial charge on any atom is -0.462 e. The third-order valence-electron chi connectivity index (χ3n) is 2.14. The van der Waals surface area contributed by atoms with Crippen LogP contribution in [0.3, 0.4) is 0 Å². The number of hydrogen-bond acceptors (Lipinski definition) is 5. The fourth-order valence-corrected chi connectivity index (χ4v) is 2.82. The zero-order valence-corrected chi connectivity index (χ0v) is 12.9. The molecule has 0 aliphatic heterocycles. The van der Waals surface area contributed by atoms with Crippen molar-refractivity contribution in [2.24, 2.45) is 0 Å². The van der Waals surface area contributed by atoms with Gasteiger partial charge in [0.15, 0.2) is 0 Å². The molecule has 0 bridgehead atoms. The molecule has 0 amide bonds. The summed E-state index contributed by atoms with van der Waals surface area (Å²) in [6.07, 6.45) is 0.640. The standard InChI is InChI=1S/C10H20O5Si.Si/c1-9(2)10(11)15-7-6-8-16(12-3,13-4)14-5;/h1,6-8H2,2-5H3;. The van der Waals surface area contributed by atoms with Crippen LogP contribution in [-0.4, -0.2) is 53.7 Å². The van der Waals surface area contributed by atoms with E-state index in [4.69, 9.17) is 18.0 Å². The number of rotatable bonds is 8. The van der Waals surface area contributed by atoms with Crippen LogP contribution < -0.4 is 0 Å². The minimum absolute atomic E-state index is 0. The molecule has 4 radical (unpaired) electrons. The van der Waals surface area contributed by atoms with E-state index in [2.05, 4.69) is 6.58 Å². The molecule has 0 fully saturated rings. The maximum Gasteiger partial charge on any atom is 0.500 e. The first-order valence-electron chi connectivity index (χ1n) is 4.99. The normalized spacial score (nSPS) is 10.6. The molecule has 0 aliphatic rings. The van der Waals surface area contributed by atoms with Crippen LogP contribution in [0.15, 0.2) is 12.2 Å². The van der Waals surface area contributed by atoms with Gasteiger partial charge in [-0.15, -0.1) is 0 Å². The predicted octanol–water partition coefficient (Wildman–Crippen LogP) is 0.993. The van der Waals surface area contributed by atoms with Gasteiger partial charge in [0.05, 0.1) is 6.61 Å². The molecular formula is C10H20O5Si2. The van der Waals surface area contributed by atoms with E-state index < -0.39 is 8.80 Å². The Balaban J connectivity index is 0. The van der Waals surface area contributed by atoms with Crippen molar-refractivity contribution >= 4 is 25.7 Å². The third kappa shape index (κ3) is 6.74. The molecule has 0 saturated carbocycles. The summed E-state index contributed by atoms with van der Waals surface area (Å²) < 4.78 is 20.6. The Labute approximate surface area is 108 Å². The first-order chi connectivity index (χ1) is 7.51. The lowest BCUT2D eigenvalue weighted by atomic mass is 10.4. The van der Waals surface area contributed by atoms with Crippen LogP contribution in [0.2, 0.25) is 6.04 Å². The maximum atomic E-state index is 11.1. The molecule has 0 spiro atoms. The maximum absolute atomic E-state index is 11.1. The summed E-state index contributed by atoms with van der Waals surface area (Å²) in [5, 5.41) is 0. The summed E-state index contributed by atoms with van der Waals surface area (Å²) in [5.41, 5.74) is 0.397. The highest BCUT2D eigenvalue weighted by atomic mass is 28.4. The summed E-state index contributed by atoms with van der Waals surface area (Å²) in [4.78, 5) is 11.1. The van der Waals surface area contributed by atoms with Gasteiger partial charge in [-0.1, -0.05) is 6.58 Å². The zero-order chi connectivity index (χ0) is 12.6. The smallest absolute Gasteiger partial charge is 0.462 e. The van der Waals surface area contributed by atoms with E-state index in [9.17, 15) is 4.79 Å². The summed E-state index contributed by atoms with van der Waals surface area (Å²) in [6.45, 7) is 5.42. The Bertz CT molecular complexity index is 233. The monoisotopic (exact) mass is 276 g/mol. The van der Waals surface area contributed by atoms with Crippen molar-refractivity contribution in [2.45, 2.75) is 19.4 Å². The van der Waals surface area contributed by atoms with Crippen LogP contribution in [0, 0.1) is 0 Å². The molecule has 0 aromatic heterocycles. The first kappa shape index (κ1) is 18.9. The molecule has 0 rings (SSSR count). The number of esters is 1. The van der Waals surface area contributed by atoms with Crippen LogP contribution in [-0.2, 0) is 22.8 Å². The zero-order valence-electron chi connectivity index (χ0n) is 10.9. The Kier molecular flexibility index (Phi) is 10.6. The van der Waals surface area contributed by atoms with Crippen molar-refractivity contribution in [3.8, 4) is 0 Å². The second-order valence-corrected chi connectivity index (χ2v) is 6.41. The van der Waals surface area contributed by atoms with E-state index in [-0.39, 0.29) is 16.9 Å². The van der Waals surface area contributed by atoms with Gasteiger partial charge < -0.3 is 18.0 Å². The average molecular weight is 276 g/mol. The molecule has 0 saturated heterocycles. The summed E-state index contributed by atoms with van der Waals surface area (Å²) in [6, 6.07) is 0.611. The molecule has 98 valence electrons. The quantitative estimate of drug-likeness (QED) is 0.286. The highest BCUT2D eigenvalue weighted by molar-refractivity contribution is 6.60. The summed E-state index contributed by atoms with van der Waals surface area (Å²) in [5.74, 6) is -0.375. The van der Waals surface area contributed by atoms with Crippen LogP contribution in [0.4, 0.5) is 0 Å². The highest BCUT2D eigenvalue weighted by Gasteiger charge is 2.36. The SMILES string of the molecule is C=C(C)C(=O)OCCC[Si](OC)(OC)OC.[Si]. The Hall–Kier alpha value is -0.476. The van der Waals surface area contributed by atoms with E-state index >= 15 is 0 Å². The Morgan fingerprint density at radius 3 is 2.00 bits per heavy atom. The van der Waals surface area contributed by atoms with Gasteiger partial charge in [0.25, 0.3) is 0 Å². The first-order valence-corrected chi connectivity index (χ1v) is 6.92. The predicted molar refractivity (Wildman–Crippen MR) is 67.7 cm³/mol. The van der Waals surface area contributed by atoms with Crippen molar-refractivity contribution in [3.05, 3.63) is 12.2 Å². The lowest BCUT2D eigenvalue weighted by molar-refractivity contribution is -0.139. The largest absolute Gasteiger partial charge is 0.500 e. The Morgan fingerprint density at radius 2 is 1.65 bits per heavy atom. The van der Waals surface area contributed by atoms with Gasteiger partial charge in [0.1, 0.15) is 0 Å². The number of hydrogen-bond donors (Lipinski definition) is 0. The molecule has 0 unspecified atom stereocenters. The molecule has 17 heavy (non-hydrogen) atoms. The third-order valence-corrected chi connectivity index (χ3v) is 4.97. The summed E-state index contributed by atoms with van der Waals surface area (Å²) in [7, 11) is 2.13. The fraction of sp³-hybridized carbons (Fsp3) is 0.700. The highest BCUT2D eigenvalue weighted by Crippen LogP contribution is 2.14. The van der Waals surface area contributed by atoms with Crippen LogP contribution in [0.5, 0.6) is 0 Å². The molecular weight excluding hydrogens is 256 g/mol. The van der Waals surface area contributed by atoms with Gasteiger partial charge in [-0.3, -0.25) is 0 Å². The average Bonchev–Trinajstić information content (AvgIpc) is 2.30. The second-order valence-electron chi connectivity index (χ2n) is 3.32. The second kappa shape index (κ2) is 9.54. The van der Waals surface area contributed by atoms with Gasteiger partial charge in [-0.2, -0.15) is 0 Å². The number of carbonyl (C=O) groups is 1. The van der Waals surface area contributed by atoms with Crippen LogP contribution in [0.1, 0.15) is 13.3 Å². The van der Waals surface area contributed by atoms with Gasteiger partial charge in [-0.05, 0) is 13.3 Å². The molecule has 0 aromatic rings. The van der Waals surface area contributed by atoms with Crippen LogP contribution in [0.25, 0.3) is 0 Å². The number of carbonyl (C=O) groups excluding carboxylic acids is 1. The summed E-state index contributed by atoms with van der Waals surface area (Å²) >= 11 is 0. The molecule has 0 atom stereocenters. The lowest BCUT2D eigenvalue weighted by Gasteiger charge is -2.24. The van der Waals surface area contributed by atoms with Gasteiger partial charge in [-0.25, -0.2) is 4.79 Å². The van der Waals surface area contributed by atoms with E-state index in [0.717, 1.165) is 0 Å². The number of ether oxygens (including phenoxy) is 1. The molecule has 7 heteroatoms. The van der Waals surface area contributed by atoms with Crippen molar-refractivity contribution in [3.63, 3.8) is 0 Å². The molecule has 0 aromatic carbocycles. The van der Waals surface area contributed by atoms with Crippen molar-refractivity contribution in [1.29, 1.82) is 0 Å².